The fourth-order valence-electron chi connectivity index (χ4n) is 1.71. The highest BCUT2D eigenvalue weighted by atomic mass is 127. The Labute approximate surface area is 161 Å². The van der Waals surface area contributed by atoms with E-state index >= 15 is 0 Å². The van der Waals surface area contributed by atoms with Crippen LogP contribution in [0.25, 0.3) is 0 Å². The van der Waals surface area contributed by atoms with Gasteiger partial charge in [-0.05, 0) is 12.8 Å². The third-order valence-corrected chi connectivity index (χ3v) is 4.04. The number of thiazole rings is 1. The lowest BCUT2D eigenvalue weighted by molar-refractivity contribution is 0.129. The normalized spacial score (nSPS) is 11.0. The van der Waals surface area contributed by atoms with Crippen molar-refractivity contribution in [3.05, 3.63) is 11.1 Å². The first-order chi connectivity index (χ1) is 10.7. The van der Waals surface area contributed by atoms with Crippen LogP contribution in [0.5, 0.6) is 0 Å². The maximum absolute atomic E-state index is 5.53. The molecule has 8 heteroatoms. The summed E-state index contributed by atoms with van der Waals surface area (Å²) in [5.74, 6) is 0.799. The Morgan fingerprint density at radius 3 is 2.65 bits per heavy atom. The van der Waals surface area contributed by atoms with Crippen molar-refractivity contribution in [2.45, 2.75) is 32.7 Å². The molecule has 0 bridgehead atoms. The molecule has 0 atom stereocenters. The highest BCUT2D eigenvalue weighted by Gasteiger charge is 2.04. The molecule has 1 aromatic rings. The summed E-state index contributed by atoms with van der Waals surface area (Å²) in [4.78, 5) is 10.8. The molecular weight excluding hydrogens is 425 g/mol. The Bertz CT molecular complexity index is 439. The lowest BCUT2D eigenvalue weighted by atomic mass is 10.4. The number of nitrogens with zero attached hydrogens (tertiary/aromatic N) is 3. The molecule has 0 fully saturated rings. The second kappa shape index (κ2) is 13.8. The predicted molar refractivity (Wildman–Crippen MR) is 110 cm³/mol. The minimum Gasteiger partial charge on any atom is -0.381 e. The maximum Gasteiger partial charge on any atom is 0.191 e. The van der Waals surface area contributed by atoms with Crippen LogP contribution in [0.2, 0.25) is 0 Å². The first-order valence-corrected chi connectivity index (χ1v) is 8.69. The van der Waals surface area contributed by atoms with Crippen molar-refractivity contribution >= 4 is 46.4 Å². The molecule has 0 aliphatic heterocycles. The number of nitrogens with one attached hydrogen (secondary N) is 2. The molecule has 134 valence electrons. The largest absolute Gasteiger partial charge is 0.381 e. The van der Waals surface area contributed by atoms with E-state index in [1.807, 2.05) is 19.0 Å². The Kier molecular flexibility index (Phi) is 13.4. The second-order valence-electron chi connectivity index (χ2n) is 5.19. The third kappa shape index (κ3) is 9.98. The first kappa shape index (κ1) is 22.4. The Morgan fingerprint density at radius 2 is 2.04 bits per heavy atom. The number of unbranched alkanes of at least 4 members (excludes halogenated alkanes) is 1. The summed E-state index contributed by atoms with van der Waals surface area (Å²) >= 11 is 1.65. The topological polar surface area (TPSA) is 61.8 Å². The molecule has 0 aromatic carbocycles. The van der Waals surface area contributed by atoms with Crippen LogP contribution in [0.1, 0.15) is 31.9 Å². The summed E-state index contributed by atoms with van der Waals surface area (Å²) in [5.41, 5.74) is 1.03. The molecule has 0 aliphatic carbocycles. The highest BCUT2D eigenvalue weighted by Crippen LogP contribution is 2.17. The molecule has 0 unspecified atom stereocenters. The minimum absolute atomic E-state index is 0. The number of halogens is 1. The summed E-state index contributed by atoms with van der Waals surface area (Å²) in [6, 6.07) is 0. The van der Waals surface area contributed by atoms with Gasteiger partial charge in [0.25, 0.3) is 0 Å². The Morgan fingerprint density at radius 1 is 1.30 bits per heavy atom. The summed E-state index contributed by atoms with van der Waals surface area (Å²) in [6.07, 6.45) is 3.30. The average Bonchev–Trinajstić information content (AvgIpc) is 2.98. The van der Waals surface area contributed by atoms with E-state index in [2.05, 4.69) is 32.9 Å². The highest BCUT2D eigenvalue weighted by molar-refractivity contribution is 14.0. The SMILES string of the molecule is CCCCOCCCNC(=NC)NCc1csc(N(C)C)n1.I. The molecule has 1 heterocycles. The number of aromatic nitrogens is 1. The fourth-order valence-corrected chi connectivity index (χ4v) is 2.47. The van der Waals surface area contributed by atoms with E-state index in [0.29, 0.717) is 6.54 Å². The van der Waals surface area contributed by atoms with Gasteiger partial charge in [-0.1, -0.05) is 13.3 Å². The quantitative estimate of drug-likeness (QED) is 0.246. The smallest absolute Gasteiger partial charge is 0.191 e. The molecule has 23 heavy (non-hydrogen) atoms. The molecule has 6 nitrogen and oxygen atoms in total. The Balaban J connectivity index is 0.00000484. The van der Waals surface area contributed by atoms with Crippen molar-refractivity contribution in [2.24, 2.45) is 4.99 Å². The number of guanidine groups is 1. The fraction of sp³-hybridized carbons (Fsp3) is 0.733. The second-order valence-corrected chi connectivity index (χ2v) is 6.02. The number of ether oxygens (including phenoxy) is 1. The van der Waals surface area contributed by atoms with Gasteiger partial charge in [0.05, 0.1) is 12.2 Å². The van der Waals surface area contributed by atoms with Crippen LogP contribution >= 0.6 is 35.3 Å². The molecule has 2 N–H and O–H groups in total. The maximum atomic E-state index is 5.53. The van der Waals surface area contributed by atoms with Crippen LogP contribution < -0.4 is 15.5 Å². The number of rotatable bonds is 10. The third-order valence-electron chi connectivity index (χ3n) is 2.98. The lowest BCUT2D eigenvalue weighted by Gasteiger charge is -2.11. The van der Waals surface area contributed by atoms with Gasteiger partial charge in [-0.2, -0.15) is 0 Å². The van der Waals surface area contributed by atoms with Crippen molar-refractivity contribution in [3.8, 4) is 0 Å². The zero-order chi connectivity index (χ0) is 16.2. The summed E-state index contributed by atoms with van der Waals surface area (Å²) in [6.45, 7) is 5.36. The minimum atomic E-state index is 0. The summed E-state index contributed by atoms with van der Waals surface area (Å²) in [5, 5.41) is 9.64. The molecular formula is C15H30IN5OS. The van der Waals surface area contributed by atoms with E-state index in [1.54, 1.807) is 18.4 Å². The average molecular weight is 455 g/mol. The van der Waals surface area contributed by atoms with E-state index in [-0.39, 0.29) is 24.0 Å². The number of anilines is 1. The van der Waals surface area contributed by atoms with Crippen LogP contribution in [-0.2, 0) is 11.3 Å². The van der Waals surface area contributed by atoms with Gasteiger partial charge < -0.3 is 20.3 Å². The molecule has 0 aliphatic rings. The van der Waals surface area contributed by atoms with E-state index < -0.39 is 0 Å². The zero-order valence-electron chi connectivity index (χ0n) is 14.6. The summed E-state index contributed by atoms with van der Waals surface area (Å²) < 4.78 is 5.53. The van der Waals surface area contributed by atoms with Gasteiger partial charge in [-0.3, -0.25) is 4.99 Å². The van der Waals surface area contributed by atoms with Gasteiger partial charge in [0, 0.05) is 46.3 Å². The zero-order valence-corrected chi connectivity index (χ0v) is 17.7. The van der Waals surface area contributed by atoms with E-state index in [1.165, 1.54) is 6.42 Å². The van der Waals surface area contributed by atoms with Crippen molar-refractivity contribution in [2.75, 3.05) is 45.8 Å². The standard InChI is InChI=1S/C15H29N5OS.HI/c1-5-6-9-21-10-7-8-17-14(16-2)18-11-13-12-22-15(19-13)20(3)4;/h12H,5-11H2,1-4H3,(H2,16,17,18);1H. The molecule has 0 amide bonds. The van der Waals surface area contributed by atoms with Crippen LogP contribution in [0.3, 0.4) is 0 Å². The molecule has 0 saturated carbocycles. The molecule has 1 aromatic heterocycles. The first-order valence-electron chi connectivity index (χ1n) is 7.81. The number of hydrogen-bond donors (Lipinski definition) is 2. The van der Waals surface area contributed by atoms with Gasteiger partial charge >= 0.3 is 0 Å². The van der Waals surface area contributed by atoms with Crippen molar-refractivity contribution in [3.63, 3.8) is 0 Å². The van der Waals surface area contributed by atoms with Gasteiger partial charge in [0.15, 0.2) is 11.1 Å². The van der Waals surface area contributed by atoms with Gasteiger partial charge in [-0.25, -0.2) is 4.98 Å². The van der Waals surface area contributed by atoms with Gasteiger partial charge in [0.2, 0.25) is 0 Å². The van der Waals surface area contributed by atoms with Crippen LogP contribution in [0, 0.1) is 0 Å². The van der Waals surface area contributed by atoms with Gasteiger partial charge in [-0.15, -0.1) is 35.3 Å². The number of hydrogen-bond acceptors (Lipinski definition) is 5. The van der Waals surface area contributed by atoms with Crippen molar-refractivity contribution in [1.82, 2.24) is 15.6 Å². The predicted octanol–water partition coefficient (Wildman–Crippen LogP) is 2.70. The number of aliphatic imine (C=N–C) groups is 1. The Hall–Kier alpha value is -0.610. The molecule has 0 saturated heterocycles. The molecule has 1 rings (SSSR count). The van der Waals surface area contributed by atoms with E-state index in [4.69, 9.17) is 4.74 Å². The van der Waals surface area contributed by atoms with E-state index in [9.17, 15) is 0 Å². The van der Waals surface area contributed by atoms with Gasteiger partial charge in [0.1, 0.15) is 0 Å². The van der Waals surface area contributed by atoms with Crippen LogP contribution in [-0.4, -0.2) is 51.8 Å². The monoisotopic (exact) mass is 455 g/mol. The molecule has 0 radical (unpaired) electrons. The lowest BCUT2D eigenvalue weighted by Crippen LogP contribution is -2.37. The molecule has 0 spiro atoms. The van der Waals surface area contributed by atoms with Crippen LogP contribution in [0.15, 0.2) is 10.4 Å². The van der Waals surface area contributed by atoms with Crippen LogP contribution in [0.4, 0.5) is 5.13 Å². The summed E-state index contributed by atoms with van der Waals surface area (Å²) in [7, 11) is 5.78. The van der Waals surface area contributed by atoms with Crippen molar-refractivity contribution < 1.29 is 4.74 Å². The van der Waals surface area contributed by atoms with E-state index in [0.717, 1.165) is 49.4 Å². The van der Waals surface area contributed by atoms with Crippen molar-refractivity contribution in [1.29, 1.82) is 0 Å².